The Morgan fingerprint density at radius 2 is 2.11 bits per heavy atom. The smallest absolute Gasteiger partial charge is 0.320 e. The van der Waals surface area contributed by atoms with Crippen molar-refractivity contribution in [1.82, 2.24) is 10.3 Å². The Bertz CT molecular complexity index is 880. The first-order valence-electron chi connectivity index (χ1n) is 8.52. The number of anilines is 2. The van der Waals surface area contributed by atoms with Crippen LogP contribution in [0.5, 0.6) is 0 Å². The predicted molar refractivity (Wildman–Crippen MR) is 98.9 cm³/mol. The molecular weight excluding hydrogens is 346 g/mol. The minimum Gasteiger partial charge on any atom is -0.368 e. The molecule has 0 unspecified atom stereocenters. The van der Waals surface area contributed by atoms with Gasteiger partial charge in [0.15, 0.2) is 0 Å². The first kappa shape index (κ1) is 18.4. The second-order valence-corrected chi connectivity index (χ2v) is 6.19. The fourth-order valence-corrected chi connectivity index (χ4v) is 2.84. The molecule has 0 aliphatic carbocycles. The molecule has 2 heterocycles. The molecule has 8 heteroatoms. The van der Waals surface area contributed by atoms with E-state index in [1.54, 1.807) is 12.1 Å². The van der Waals surface area contributed by atoms with Crippen molar-refractivity contribution in [2.24, 2.45) is 0 Å². The molecule has 3 rings (SSSR count). The second-order valence-electron chi connectivity index (χ2n) is 6.19. The summed E-state index contributed by atoms with van der Waals surface area (Å²) in [6.07, 6.45) is 2.19. The number of benzene rings is 1. The third-order valence-corrected chi connectivity index (χ3v) is 4.32. The number of hydrogen-bond donors (Lipinski definition) is 3. The number of aliphatic hydroxyl groups is 1. The normalized spacial score (nSPS) is 18.8. The molecule has 0 spiro atoms. The van der Waals surface area contributed by atoms with E-state index in [2.05, 4.69) is 15.6 Å². The zero-order chi connectivity index (χ0) is 19.3. The maximum absolute atomic E-state index is 12.2. The highest BCUT2D eigenvalue weighted by Gasteiger charge is 2.46. The van der Waals surface area contributed by atoms with Gasteiger partial charge in [-0.25, -0.2) is 9.78 Å². The van der Waals surface area contributed by atoms with E-state index >= 15 is 0 Å². The van der Waals surface area contributed by atoms with Crippen LogP contribution in [0.25, 0.3) is 0 Å². The summed E-state index contributed by atoms with van der Waals surface area (Å²) in [6.45, 7) is 0.685. The molecule has 0 radical (unpaired) electrons. The Balaban J connectivity index is 1.57. The van der Waals surface area contributed by atoms with Crippen LogP contribution < -0.4 is 15.5 Å². The van der Waals surface area contributed by atoms with Crippen LogP contribution in [-0.4, -0.2) is 40.7 Å². The lowest BCUT2D eigenvalue weighted by atomic mass is 10.1. The van der Waals surface area contributed by atoms with E-state index < -0.39 is 17.5 Å². The molecule has 1 aliphatic rings. The molecule has 138 valence electrons. The zero-order valence-corrected chi connectivity index (χ0v) is 14.6. The first-order valence-corrected chi connectivity index (χ1v) is 8.52. The topological polar surface area (TPSA) is 118 Å². The number of aromatic nitrogens is 1. The molecule has 1 saturated heterocycles. The van der Waals surface area contributed by atoms with Gasteiger partial charge in [0, 0.05) is 37.5 Å². The highest BCUT2D eigenvalue weighted by molar-refractivity contribution is 6.04. The van der Waals surface area contributed by atoms with Gasteiger partial charge in [0.05, 0.1) is 0 Å². The lowest BCUT2D eigenvalue weighted by molar-refractivity contribution is -0.128. The Kier molecular flexibility index (Phi) is 5.33. The molecule has 0 saturated carbocycles. The van der Waals surface area contributed by atoms with Crippen molar-refractivity contribution in [3.8, 4) is 6.07 Å². The molecule has 3 amide bonds. The monoisotopic (exact) mass is 365 g/mol. The van der Waals surface area contributed by atoms with Crippen LogP contribution in [-0.2, 0) is 11.2 Å². The number of nitriles is 1. The largest absolute Gasteiger partial charge is 0.368 e. The van der Waals surface area contributed by atoms with Crippen molar-refractivity contribution in [3.05, 3.63) is 54.2 Å². The quantitative estimate of drug-likeness (QED) is 0.693. The summed E-state index contributed by atoms with van der Waals surface area (Å²) >= 11 is 0. The molecule has 1 aliphatic heterocycles. The number of urea groups is 1. The molecular formula is C19H19N5O3. The number of hydrogen-bond acceptors (Lipinski definition) is 5. The van der Waals surface area contributed by atoms with Crippen LogP contribution in [0.3, 0.4) is 0 Å². The molecule has 1 aromatic heterocycles. The molecule has 1 fully saturated rings. The summed E-state index contributed by atoms with van der Waals surface area (Å²) in [5.74, 6) is -0.403. The van der Waals surface area contributed by atoms with Crippen LogP contribution in [0.2, 0.25) is 0 Å². The number of rotatable bonds is 5. The fraction of sp³-hybridized carbons (Fsp3) is 0.263. The van der Waals surface area contributed by atoms with E-state index in [1.165, 1.54) is 17.2 Å². The van der Waals surface area contributed by atoms with E-state index in [-0.39, 0.29) is 18.8 Å². The SMILES string of the molecule is N#C[C@@]1(O)CCN(c2ccnc(NC(=O)NCCc3ccccc3)c2)C1=O. The van der Waals surface area contributed by atoms with Gasteiger partial charge in [-0.1, -0.05) is 30.3 Å². The van der Waals surface area contributed by atoms with Gasteiger partial charge < -0.3 is 15.3 Å². The summed E-state index contributed by atoms with van der Waals surface area (Å²) in [7, 11) is 0. The predicted octanol–water partition coefficient (Wildman–Crippen LogP) is 1.44. The number of nitrogens with zero attached hydrogens (tertiary/aromatic N) is 3. The van der Waals surface area contributed by atoms with Gasteiger partial charge in [-0.2, -0.15) is 5.26 Å². The summed E-state index contributed by atoms with van der Waals surface area (Å²) in [5, 5.41) is 24.3. The minimum absolute atomic E-state index is 0.0351. The highest BCUT2D eigenvalue weighted by atomic mass is 16.3. The average molecular weight is 365 g/mol. The van der Waals surface area contributed by atoms with Gasteiger partial charge >= 0.3 is 6.03 Å². The summed E-state index contributed by atoms with van der Waals surface area (Å²) in [6, 6.07) is 14.1. The van der Waals surface area contributed by atoms with Gasteiger partial charge in [0.25, 0.3) is 5.91 Å². The molecule has 2 aromatic rings. The van der Waals surface area contributed by atoms with Crippen molar-refractivity contribution in [2.75, 3.05) is 23.3 Å². The highest BCUT2D eigenvalue weighted by Crippen LogP contribution is 2.28. The Hall–Kier alpha value is -3.44. The summed E-state index contributed by atoms with van der Waals surface area (Å²) < 4.78 is 0. The van der Waals surface area contributed by atoms with Crippen molar-refractivity contribution >= 4 is 23.4 Å². The van der Waals surface area contributed by atoms with Crippen LogP contribution in [0.1, 0.15) is 12.0 Å². The molecule has 0 bridgehead atoms. The third-order valence-electron chi connectivity index (χ3n) is 4.32. The summed E-state index contributed by atoms with van der Waals surface area (Å²) in [5.41, 5.74) is -0.415. The third kappa shape index (κ3) is 4.22. The van der Waals surface area contributed by atoms with Crippen molar-refractivity contribution in [3.63, 3.8) is 0 Å². The Morgan fingerprint density at radius 3 is 2.81 bits per heavy atom. The van der Waals surface area contributed by atoms with Gasteiger partial charge in [-0.05, 0) is 18.1 Å². The van der Waals surface area contributed by atoms with E-state index in [0.29, 0.717) is 18.7 Å². The average Bonchev–Trinajstić information content (AvgIpc) is 2.98. The number of carbonyl (C=O) groups is 2. The molecule has 3 N–H and O–H groups in total. The van der Waals surface area contributed by atoms with Gasteiger partial charge in [-0.15, -0.1) is 0 Å². The minimum atomic E-state index is -1.99. The zero-order valence-electron chi connectivity index (χ0n) is 14.6. The number of carbonyl (C=O) groups excluding carboxylic acids is 2. The number of pyridine rings is 1. The maximum atomic E-state index is 12.2. The van der Waals surface area contributed by atoms with Crippen LogP contribution in [0.4, 0.5) is 16.3 Å². The fourth-order valence-electron chi connectivity index (χ4n) is 2.84. The maximum Gasteiger partial charge on any atom is 0.320 e. The van der Waals surface area contributed by atoms with E-state index in [1.807, 2.05) is 30.3 Å². The van der Waals surface area contributed by atoms with Crippen LogP contribution >= 0.6 is 0 Å². The van der Waals surface area contributed by atoms with Crippen molar-refractivity contribution < 1.29 is 14.7 Å². The molecule has 8 nitrogen and oxygen atoms in total. The van der Waals surface area contributed by atoms with Crippen molar-refractivity contribution in [2.45, 2.75) is 18.4 Å². The van der Waals surface area contributed by atoms with E-state index in [4.69, 9.17) is 5.26 Å². The summed E-state index contributed by atoms with van der Waals surface area (Å²) in [4.78, 5) is 29.6. The van der Waals surface area contributed by atoms with Gasteiger partial charge in [0.2, 0.25) is 5.60 Å². The standard InChI is InChI=1S/C19H19N5O3/c20-13-19(27)8-11-24(17(19)25)15-7-10-21-16(12-15)23-18(26)22-9-6-14-4-2-1-3-5-14/h1-5,7,10,12,27H,6,8-9,11H2,(H2,21,22,23,26)/t19-/m0/s1. The number of nitrogens with one attached hydrogen (secondary N) is 2. The molecule has 1 aromatic carbocycles. The van der Waals surface area contributed by atoms with E-state index in [0.717, 1.165) is 5.56 Å². The van der Waals surface area contributed by atoms with Crippen molar-refractivity contribution in [1.29, 1.82) is 5.26 Å². The Morgan fingerprint density at radius 1 is 1.33 bits per heavy atom. The van der Waals surface area contributed by atoms with Crippen LogP contribution in [0, 0.1) is 11.3 Å². The van der Waals surface area contributed by atoms with Gasteiger partial charge in [0.1, 0.15) is 11.9 Å². The van der Waals surface area contributed by atoms with Crippen LogP contribution in [0.15, 0.2) is 48.7 Å². The Labute approximate surface area is 156 Å². The molecule has 27 heavy (non-hydrogen) atoms. The first-order chi connectivity index (χ1) is 13.0. The lowest BCUT2D eigenvalue weighted by Gasteiger charge is -2.18. The molecule has 1 atom stereocenters. The van der Waals surface area contributed by atoms with E-state index in [9.17, 15) is 14.7 Å². The van der Waals surface area contributed by atoms with Gasteiger partial charge in [-0.3, -0.25) is 10.1 Å². The number of amides is 3. The lowest BCUT2D eigenvalue weighted by Crippen LogP contribution is -2.38. The second kappa shape index (κ2) is 7.85.